The second-order valence-electron chi connectivity index (χ2n) is 4.50. The first-order valence-electron chi connectivity index (χ1n) is 6.64. The molecule has 0 atom stereocenters. The van der Waals surface area contributed by atoms with Gasteiger partial charge in [-0.15, -0.1) is 0 Å². The van der Waals surface area contributed by atoms with Gasteiger partial charge in [-0.05, 0) is 19.9 Å². The summed E-state index contributed by atoms with van der Waals surface area (Å²) in [5.74, 6) is 0.235. The number of amides is 2. The molecule has 6 heteroatoms. The van der Waals surface area contributed by atoms with Crippen LogP contribution in [0.1, 0.15) is 19.8 Å². The van der Waals surface area contributed by atoms with Crippen LogP contribution >= 0.6 is 0 Å². The van der Waals surface area contributed by atoms with Crippen molar-refractivity contribution in [2.45, 2.75) is 19.8 Å². The molecule has 0 aromatic carbocycles. The molecule has 6 nitrogen and oxygen atoms in total. The van der Waals surface area contributed by atoms with Crippen molar-refractivity contribution in [3.63, 3.8) is 0 Å². The van der Waals surface area contributed by atoms with Crippen LogP contribution in [-0.4, -0.2) is 67.4 Å². The lowest BCUT2D eigenvalue weighted by Crippen LogP contribution is -2.51. The fraction of sp³-hybridized carbons (Fsp3) is 0.833. The third-order valence-electron chi connectivity index (χ3n) is 3.06. The van der Waals surface area contributed by atoms with Gasteiger partial charge in [0, 0.05) is 39.1 Å². The van der Waals surface area contributed by atoms with Crippen LogP contribution in [0, 0.1) is 0 Å². The number of nitrogens with two attached hydrogens (primary N) is 1. The van der Waals surface area contributed by atoms with Gasteiger partial charge in [0.1, 0.15) is 0 Å². The number of likely N-dealkylation sites (N-methyl/N-ethyl adjacent to an activating group) is 1. The summed E-state index contributed by atoms with van der Waals surface area (Å²) in [6, 6.07) is 0. The van der Waals surface area contributed by atoms with Gasteiger partial charge >= 0.3 is 0 Å². The summed E-state index contributed by atoms with van der Waals surface area (Å²) in [5.41, 5.74) is 5.39. The third kappa shape index (κ3) is 5.01. The zero-order chi connectivity index (χ0) is 13.4. The van der Waals surface area contributed by atoms with Gasteiger partial charge in [0.05, 0.1) is 6.54 Å². The molecule has 1 saturated heterocycles. The molecule has 0 aliphatic carbocycles. The van der Waals surface area contributed by atoms with E-state index in [1.165, 1.54) is 0 Å². The van der Waals surface area contributed by atoms with E-state index >= 15 is 0 Å². The minimum absolute atomic E-state index is 0.0559. The lowest BCUT2D eigenvalue weighted by Gasteiger charge is -2.34. The fourth-order valence-electron chi connectivity index (χ4n) is 2.02. The van der Waals surface area contributed by atoms with E-state index in [-0.39, 0.29) is 11.8 Å². The van der Waals surface area contributed by atoms with Crippen LogP contribution in [0.3, 0.4) is 0 Å². The Morgan fingerprint density at radius 3 is 2.44 bits per heavy atom. The topological polar surface area (TPSA) is 78.7 Å². The van der Waals surface area contributed by atoms with E-state index in [0.29, 0.717) is 39.1 Å². The summed E-state index contributed by atoms with van der Waals surface area (Å²) in [7, 11) is 0. The van der Waals surface area contributed by atoms with Crippen molar-refractivity contribution in [1.29, 1.82) is 0 Å². The number of piperazine rings is 1. The maximum absolute atomic E-state index is 11.8. The first kappa shape index (κ1) is 14.9. The Labute approximate surface area is 108 Å². The standard InChI is InChI=1S/C12H24N4O2/c1-2-14-11(17)10-15-6-8-16(9-7-15)12(18)4-3-5-13/h2-10,13H2,1H3,(H,14,17). The molecule has 1 fully saturated rings. The van der Waals surface area contributed by atoms with Crippen molar-refractivity contribution in [1.82, 2.24) is 15.1 Å². The van der Waals surface area contributed by atoms with Gasteiger partial charge in [-0.25, -0.2) is 0 Å². The monoisotopic (exact) mass is 256 g/mol. The van der Waals surface area contributed by atoms with E-state index < -0.39 is 0 Å². The van der Waals surface area contributed by atoms with Crippen molar-refractivity contribution >= 4 is 11.8 Å². The number of hydrogen-bond acceptors (Lipinski definition) is 4. The number of carbonyl (C=O) groups excluding carboxylic acids is 2. The second kappa shape index (κ2) is 8.05. The smallest absolute Gasteiger partial charge is 0.234 e. The highest BCUT2D eigenvalue weighted by Crippen LogP contribution is 2.04. The molecule has 0 aromatic rings. The zero-order valence-corrected chi connectivity index (χ0v) is 11.2. The second-order valence-corrected chi connectivity index (χ2v) is 4.50. The minimum Gasteiger partial charge on any atom is -0.355 e. The van der Waals surface area contributed by atoms with Crippen LogP contribution in [0.5, 0.6) is 0 Å². The van der Waals surface area contributed by atoms with Gasteiger partial charge < -0.3 is 16.0 Å². The summed E-state index contributed by atoms with van der Waals surface area (Å²) >= 11 is 0. The Morgan fingerprint density at radius 2 is 1.89 bits per heavy atom. The molecule has 104 valence electrons. The van der Waals surface area contributed by atoms with E-state index in [0.717, 1.165) is 19.5 Å². The van der Waals surface area contributed by atoms with E-state index in [2.05, 4.69) is 10.2 Å². The Balaban J connectivity index is 2.23. The molecular weight excluding hydrogens is 232 g/mol. The molecular formula is C12H24N4O2. The highest BCUT2D eigenvalue weighted by Gasteiger charge is 2.21. The van der Waals surface area contributed by atoms with Crippen LogP contribution in [0.2, 0.25) is 0 Å². The molecule has 0 radical (unpaired) electrons. The van der Waals surface area contributed by atoms with E-state index in [9.17, 15) is 9.59 Å². The predicted octanol–water partition coefficient (Wildman–Crippen LogP) is -0.994. The van der Waals surface area contributed by atoms with Crippen LogP contribution in [-0.2, 0) is 9.59 Å². The molecule has 1 heterocycles. The Kier molecular flexibility index (Phi) is 6.67. The lowest BCUT2D eigenvalue weighted by atomic mass is 10.2. The Hall–Kier alpha value is -1.14. The largest absolute Gasteiger partial charge is 0.355 e. The number of carbonyl (C=O) groups is 2. The molecule has 1 rings (SSSR count). The molecule has 18 heavy (non-hydrogen) atoms. The molecule has 1 aliphatic rings. The van der Waals surface area contributed by atoms with Gasteiger partial charge in [0.15, 0.2) is 0 Å². The zero-order valence-electron chi connectivity index (χ0n) is 11.2. The number of nitrogens with one attached hydrogen (secondary N) is 1. The van der Waals surface area contributed by atoms with Gasteiger partial charge in [0.25, 0.3) is 0 Å². The quantitative estimate of drug-likeness (QED) is 0.639. The summed E-state index contributed by atoms with van der Waals surface area (Å²) in [6.45, 7) is 6.52. The van der Waals surface area contributed by atoms with Gasteiger partial charge in [-0.3, -0.25) is 14.5 Å². The normalized spacial score (nSPS) is 16.7. The van der Waals surface area contributed by atoms with E-state index in [1.54, 1.807) is 0 Å². The SMILES string of the molecule is CCNC(=O)CN1CCN(C(=O)CCCN)CC1. The summed E-state index contributed by atoms with van der Waals surface area (Å²) in [6.07, 6.45) is 1.28. The number of rotatable bonds is 6. The van der Waals surface area contributed by atoms with Crippen LogP contribution in [0.25, 0.3) is 0 Å². The van der Waals surface area contributed by atoms with Gasteiger partial charge in [-0.1, -0.05) is 0 Å². The lowest BCUT2D eigenvalue weighted by molar-refractivity contribution is -0.133. The Morgan fingerprint density at radius 1 is 1.22 bits per heavy atom. The van der Waals surface area contributed by atoms with E-state index in [1.807, 2.05) is 11.8 Å². The minimum atomic E-state index is 0.0559. The first-order chi connectivity index (χ1) is 8.67. The molecule has 0 unspecified atom stereocenters. The molecule has 0 saturated carbocycles. The maximum atomic E-state index is 11.8. The van der Waals surface area contributed by atoms with Crippen molar-refractivity contribution in [3.05, 3.63) is 0 Å². The molecule has 2 amide bonds. The van der Waals surface area contributed by atoms with Crippen molar-refractivity contribution in [2.75, 3.05) is 45.8 Å². The predicted molar refractivity (Wildman–Crippen MR) is 70.0 cm³/mol. The molecule has 3 N–H and O–H groups in total. The van der Waals surface area contributed by atoms with Crippen LogP contribution in [0.15, 0.2) is 0 Å². The fourth-order valence-corrected chi connectivity index (χ4v) is 2.02. The Bertz CT molecular complexity index is 275. The van der Waals surface area contributed by atoms with Crippen LogP contribution in [0.4, 0.5) is 0 Å². The molecule has 0 spiro atoms. The molecule has 1 aliphatic heterocycles. The average molecular weight is 256 g/mol. The summed E-state index contributed by atoms with van der Waals surface area (Å²) < 4.78 is 0. The highest BCUT2D eigenvalue weighted by atomic mass is 16.2. The van der Waals surface area contributed by atoms with Crippen molar-refractivity contribution < 1.29 is 9.59 Å². The maximum Gasteiger partial charge on any atom is 0.234 e. The molecule has 0 aromatic heterocycles. The van der Waals surface area contributed by atoms with Crippen molar-refractivity contribution in [3.8, 4) is 0 Å². The number of nitrogens with zero attached hydrogens (tertiary/aromatic N) is 2. The van der Waals surface area contributed by atoms with E-state index in [4.69, 9.17) is 5.73 Å². The van der Waals surface area contributed by atoms with Crippen molar-refractivity contribution in [2.24, 2.45) is 5.73 Å². The van der Waals surface area contributed by atoms with Gasteiger partial charge in [-0.2, -0.15) is 0 Å². The summed E-state index contributed by atoms with van der Waals surface area (Å²) in [4.78, 5) is 27.1. The van der Waals surface area contributed by atoms with Gasteiger partial charge in [0.2, 0.25) is 11.8 Å². The van der Waals surface area contributed by atoms with Crippen LogP contribution < -0.4 is 11.1 Å². The third-order valence-corrected chi connectivity index (χ3v) is 3.06. The first-order valence-corrected chi connectivity index (χ1v) is 6.64. The molecule has 0 bridgehead atoms. The average Bonchev–Trinajstić information content (AvgIpc) is 2.37. The highest BCUT2D eigenvalue weighted by molar-refractivity contribution is 5.78. The number of hydrogen-bond donors (Lipinski definition) is 2. The summed E-state index contributed by atoms with van der Waals surface area (Å²) in [5, 5.41) is 2.78.